The zero-order valence-corrected chi connectivity index (χ0v) is 17.7. The van der Waals surface area contributed by atoms with E-state index in [2.05, 4.69) is 32.7 Å². The third-order valence-electron chi connectivity index (χ3n) is 5.42. The first-order valence-corrected chi connectivity index (χ1v) is 9.73. The van der Waals surface area contributed by atoms with Crippen LogP contribution < -0.4 is 10.6 Å². The van der Waals surface area contributed by atoms with Crippen LogP contribution in [0.4, 0.5) is 10.5 Å². The number of halogens is 1. The van der Waals surface area contributed by atoms with Crippen molar-refractivity contribution in [2.45, 2.75) is 24.9 Å². The number of carbonyl (C=O) groups excluding carboxylic acids is 1. The van der Waals surface area contributed by atoms with Gasteiger partial charge in [-0.2, -0.15) is 10.5 Å². The van der Waals surface area contributed by atoms with Gasteiger partial charge in [-0.05, 0) is 62.4 Å². The second-order valence-corrected chi connectivity index (χ2v) is 7.47. The van der Waals surface area contributed by atoms with Crippen molar-refractivity contribution in [1.82, 2.24) is 20.2 Å². The molecule has 2 aromatic carbocycles. The lowest BCUT2D eigenvalue weighted by atomic mass is 9.97. The second-order valence-electron chi connectivity index (χ2n) is 7.47. The summed E-state index contributed by atoms with van der Waals surface area (Å²) in [6.45, 7) is 0.826. The quantitative estimate of drug-likeness (QED) is 0.579. The molecular weight excluding hydrogens is 414 g/mol. The van der Waals surface area contributed by atoms with E-state index in [1.807, 2.05) is 13.1 Å². The highest BCUT2D eigenvalue weighted by Crippen LogP contribution is 2.29. The van der Waals surface area contributed by atoms with Crippen LogP contribution in [-0.2, 0) is 0 Å². The SMILES string of the molecule is CN1CC[C@@H](NC(=O)Nc2ccc(C#N)cc2)C[C@@H]1c1nc2cc(C#N)ccc2[nH]1.Cl. The lowest BCUT2D eigenvalue weighted by Gasteiger charge is -2.36. The summed E-state index contributed by atoms with van der Waals surface area (Å²) >= 11 is 0. The molecule has 0 saturated carbocycles. The van der Waals surface area contributed by atoms with Crippen LogP contribution in [0.15, 0.2) is 42.5 Å². The van der Waals surface area contributed by atoms with E-state index in [0.717, 1.165) is 36.2 Å². The fraction of sp³-hybridized carbons (Fsp3) is 0.273. The molecule has 1 saturated heterocycles. The average Bonchev–Trinajstić information content (AvgIpc) is 3.18. The summed E-state index contributed by atoms with van der Waals surface area (Å²) < 4.78 is 0. The van der Waals surface area contributed by atoms with E-state index in [1.54, 1.807) is 36.4 Å². The van der Waals surface area contributed by atoms with Gasteiger partial charge in [-0.15, -0.1) is 12.4 Å². The highest BCUT2D eigenvalue weighted by atomic mass is 35.5. The number of hydrogen-bond donors (Lipinski definition) is 3. The van der Waals surface area contributed by atoms with Crippen molar-refractivity contribution in [2.75, 3.05) is 18.9 Å². The van der Waals surface area contributed by atoms with Gasteiger partial charge >= 0.3 is 6.03 Å². The summed E-state index contributed by atoms with van der Waals surface area (Å²) in [6, 6.07) is 16.1. The summed E-state index contributed by atoms with van der Waals surface area (Å²) in [5.41, 5.74) is 3.43. The van der Waals surface area contributed by atoms with Crippen LogP contribution in [0.1, 0.15) is 35.8 Å². The average molecular weight is 436 g/mol. The molecule has 3 N–H and O–H groups in total. The van der Waals surface area contributed by atoms with E-state index in [0.29, 0.717) is 16.8 Å². The second kappa shape index (κ2) is 9.48. The molecule has 4 rings (SSSR count). The smallest absolute Gasteiger partial charge is 0.319 e. The molecule has 1 aliphatic rings. The minimum Gasteiger partial charge on any atom is -0.341 e. The summed E-state index contributed by atoms with van der Waals surface area (Å²) in [5.74, 6) is 0.835. The molecule has 158 valence electrons. The van der Waals surface area contributed by atoms with Crippen LogP contribution in [0.5, 0.6) is 0 Å². The number of piperidine rings is 1. The van der Waals surface area contributed by atoms with E-state index in [1.165, 1.54) is 0 Å². The van der Waals surface area contributed by atoms with Gasteiger partial charge in [0, 0.05) is 18.3 Å². The summed E-state index contributed by atoms with van der Waals surface area (Å²) in [6.07, 6.45) is 1.56. The maximum atomic E-state index is 12.4. The molecule has 2 amide bonds. The van der Waals surface area contributed by atoms with Crippen molar-refractivity contribution in [3.63, 3.8) is 0 Å². The first-order chi connectivity index (χ1) is 14.6. The molecule has 0 radical (unpaired) electrons. The number of likely N-dealkylation sites (tertiary alicyclic amines) is 1. The Balaban J connectivity index is 0.00000272. The topological polar surface area (TPSA) is 121 Å². The highest BCUT2D eigenvalue weighted by molar-refractivity contribution is 5.89. The van der Waals surface area contributed by atoms with Crippen molar-refractivity contribution in [1.29, 1.82) is 10.5 Å². The number of hydrogen-bond acceptors (Lipinski definition) is 5. The number of nitrogens with one attached hydrogen (secondary N) is 3. The predicted molar refractivity (Wildman–Crippen MR) is 120 cm³/mol. The number of anilines is 1. The first-order valence-electron chi connectivity index (χ1n) is 9.73. The molecule has 1 aromatic heterocycles. The van der Waals surface area contributed by atoms with Crippen molar-refractivity contribution in [3.8, 4) is 12.1 Å². The normalized spacial score (nSPS) is 18.4. The molecule has 8 nitrogen and oxygen atoms in total. The fourth-order valence-electron chi connectivity index (χ4n) is 3.77. The van der Waals surface area contributed by atoms with Gasteiger partial charge in [0.15, 0.2) is 0 Å². The van der Waals surface area contributed by atoms with Crippen LogP contribution in [0, 0.1) is 22.7 Å². The minimum absolute atomic E-state index is 0. The monoisotopic (exact) mass is 435 g/mol. The Morgan fingerprint density at radius 1 is 1.16 bits per heavy atom. The van der Waals surface area contributed by atoms with Crippen LogP contribution >= 0.6 is 12.4 Å². The van der Waals surface area contributed by atoms with Crippen molar-refractivity contribution in [3.05, 3.63) is 59.4 Å². The Morgan fingerprint density at radius 2 is 1.87 bits per heavy atom. The van der Waals surface area contributed by atoms with Gasteiger partial charge in [0.1, 0.15) is 5.82 Å². The number of aromatic amines is 1. The fourth-order valence-corrected chi connectivity index (χ4v) is 3.77. The Labute approximate surface area is 186 Å². The number of fused-ring (bicyclic) bond motifs is 1. The molecule has 0 aliphatic carbocycles. The lowest BCUT2D eigenvalue weighted by Crippen LogP contribution is -2.46. The number of rotatable bonds is 3. The third kappa shape index (κ3) is 4.95. The summed E-state index contributed by atoms with van der Waals surface area (Å²) in [4.78, 5) is 22.7. The maximum Gasteiger partial charge on any atom is 0.319 e. The molecule has 31 heavy (non-hydrogen) atoms. The molecule has 0 bridgehead atoms. The van der Waals surface area contributed by atoms with Crippen molar-refractivity contribution in [2.24, 2.45) is 0 Å². The Kier molecular flexibility index (Phi) is 6.76. The third-order valence-corrected chi connectivity index (χ3v) is 5.42. The zero-order valence-electron chi connectivity index (χ0n) is 16.9. The Hall–Kier alpha value is -3.59. The van der Waals surface area contributed by atoms with Gasteiger partial charge in [0.05, 0.1) is 40.3 Å². The number of H-pyrrole nitrogens is 1. The summed E-state index contributed by atoms with van der Waals surface area (Å²) in [5, 5.41) is 23.8. The van der Waals surface area contributed by atoms with E-state index in [4.69, 9.17) is 15.5 Å². The van der Waals surface area contributed by atoms with E-state index >= 15 is 0 Å². The number of imidazole rings is 1. The van der Waals surface area contributed by atoms with Gasteiger partial charge in [0.2, 0.25) is 0 Å². The number of urea groups is 1. The lowest BCUT2D eigenvalue weighted by molar-refractivity contribution is 0.153. The largest absolute Gasteiger partial charge is 0.341 e. The molecular formula is C22H22ClN7O. The van der Waals surface area contributed by atoms with Crippen molar-refractivity contribution >= 4 is 35.2 Å². The number of aromatic nitrogens is 2. The molecule has 1 aliphatic heterocycles. The Morgan fingerprint density at radius 3 is 2.58 bits per heavy atom. The van der Waals surface area contributed by atoms with Gasteiger partial charge in [-0.3, -0.25) is 4.90 Å². The van der Waals surface area contributed by atoms with Gasteiger partial charge in [0.25, 0.3) is 0 Å². The standard InChI is InChI=1S/C22H21N7O.ClH/c1-29-9-8-17(26-22(30)25-16-5-2-14(12-23)3-6-16)11-20(29)21-27-18-7-4-15(13-24)10-19(18)28-21;/h2-7,10,17,20H,8-9,11H2,1H3,(H,27,28)(H2,25,26,30);1H/t17-,20-;/m1./s1. The van der Waals surface area contributed by atoms with E-state index in [-0.39, 0.29) is 30.5 Å². The molecule has 0 spiro atoms. The maximum absolute atomic E-state index is 12.4. The number of amides is 2. The van der Waals surface area contributed by atoms with Crippen LogP contribution in [0.25, 0.3) is 11.0 Å². The van der Waals surface area contributed by atoms with E-state index in [9.17, 15) is 4.79 Å². The van der Waals surface area contributed by atoms with E-state index < -0.39 is 0 Å². The number of nitriles is 2. The van der Waals surface area contributed by atoms with Crippen LogP contribution in [-0.4, -0.2) is 40.5 Å². The highest BCUT2D eigenvalue weighted by Gasteiger charge is 2.30. The van der Waals surface area contributed by atoms with Crippen LogP contribution in [0.3, 0.4) is 0 Å². The van der Waals surface area contributed by atoms with Crippen LogP contribution in [0.2, 0.25) is 0 Å². The first kappa shape index (κ1) is 22.1. The Bertz CT molecular complexity index is 1160. The molecule has 1 fully saturated rings. The summed E-state index contributed by atoms with van der Waals surface area (Å²) in [7, 11) is 2.05. The van der Waals surface area contributed by atoms with Crippen molar-refractivity contribution < 1.29 is 4.79 Å². The number of benzene rings is 2. The molecule has 9 heteroatoms. The van der Waals surface area contributed by atoms with Gasteiger partial charge in [-0.25, -0.2) is 9.78 Å². The zero-order chi connectivity index (χ0) is 21.1. The number of nitrogens with zero attached hydrogens (tertiary/aromatic N) is 4. The molecule has 0 unspecified atom stereocenters. The van der Waals surface area contributed by atoms with Gasteiger partial charge < -0.3 is 15.6 Å². The minimum atomic E-state index is -0.267. The molecule has 3 aromatic rings. The molecule has 2 heterocycles. The predicted octanol–water partition coefficient (Wildman–Crippen LogP) is 3.69. The molecule has 2 atom stereocenters. The van der Waals surface area contributed by atoms with Gasteiger partial charge in [-0.1, -0.05) is 0 Å². The number of carbonyl (C=O) groups is 1.